The third-order valence-electron chi connectivity index (χ3n) is 3.28. The largest absolute Gasteiger partial charge is 0.355 e. The predicted octanol–water partition coefficient (Wildman–Crippen LogP) is 2.75. The quantitative estimate of drug-likeness (QED) is 0.341. The van der Waals surface area contributed by atoms with Crippen molar-refractivity contribution >= 4 is 23.1 Å². The normalized spacial score (nSPS) is 11.0. The summed E-state index contributed by atoms with van der Waals surface area (Å²) in [6, 6.07) is 15.2. The van der Waals surface area contributed by atoms with E-state index in [-0.39, 0.29) is 164 Å². The van der Waals surface area contributed by atoms with Crippen LogP contribution < -0.4 is 4.90 Å². The zero-order valence-corrected chi connectivity index (χ0v) is 27.7. The van der Waals surface area contributed by atoms with Crippen molar-refractivity contribution in [3.8, 4) is 0 Å². The summed E-state index contributed by atoms with van der Waals surface area (Å²) in [5.41, 5.74) is 3.23. The second-order valence-corrected chi connectivity index (χ2v) is 4.53. The summed E-state index contributed by atoms with van der Waals surface area (Å²) in [4.78, 5) is 25.5. The third kappa shape index (κ3) is 6.57. The average Bonchev–Trinajstić information content (AvgIpc) is 2.64. The minimum Gasteiger partial charge on any atom is -0.355 e. The number of amides is 1. The van der Waals surface area contributed by atoms with Crippen molar-refractivity contribution in [3.05, 3.63) is 59.2 Å². The number of benzene rings is 2. The van der Waals surface area contributed by atoms with Crippen molar-refractivity contribution in [1.82, 2.24) is 0 Å². The first-order chi connectivity index (χ1) is 9.09. The first kappa shape index (κ1) is 31.8. The van der Waals surface area contributed by atoms with Crippen LogP contribution in [0.2, 0.25) is 0 Å². The Morgan fingerprint density at radius 3 is 1.83 bits per heavy atom. The van der Waals surface area contributed by atoms with Gasteiger partial charge in [0.2, 0.25) is 5.91 Å². The second kappa shape index (κ2) is 14.1. The number of hydrogen-bond donors (Lipinski definition) is 0. The molecule has 0 aromatic heterocycles. The molecule has 1 aliphatic heterocycles. The number of fused-ring (bicyclic) bond motifs is 1. The molecule has 3 rings (SSSR count). The second-order valence-electron chi connectivity index (χ2n) is 4.53. The molecule has 1 aliphatic rings. The van der Waals surface area contributed by atoms with Gasteiger partial charge in [0.05, 0.1) is 0 Å². The van der Waals surface area contributed by atoms with Crippen LogP contribution in [0.4, 0.5) is 11.4 Å². The number of carbonyl (C=O) groups excluding carboxylic acids is 2. The number of nitrogens with zero attached hydrogens (tertiary/aromatic N) is 1. The van der Waals surface area contributed by atoms with Gasteiger partial charge in [0.15, 0.2) is 0 Å². The molecule has 5 radical (unpaired) electrons. The SMILES string of the molecule is Cc1[c-]c2c([c-]c1C)N(c1ccccc1)C(=O)C2=O.[Y].[Y].[Y].[Y].[Y]. The van der Waals surface area contributed by atoms with E-state index < -0.39 is 11.7 Å². The minimum atomic E-state index is -0.543. The topological polar surface area (TPSA) is 37.4 Å². The first-order valence-corrected chi connectivity index (χ1v) is 5.99. The van der Waals surface area contributed by atoms with Crippen molar-refractivity contribution < 1.29 is 173 Å². The molecule has 1 amide bonds. The van der Waals surface area contributed by atoms with Gasteiger partial charge in [-0.3, -0.25) is 16.9 Å². The fourth-order valence-electron chi connectivity index (χ4n) is 2.14. The Morgan fingerprint density at radius 1 is 0.792 bits per heavy atom. The summed E-state index contributed by atoms with van der Waals surface area (Å²) in [6.45, 7) is 3.75. The van der Waals surface area contributed by atoms with E-state index in [9.17, 15) is 9.59 Å². The van der Waals surface area contributed by atoms with Crippen molar-refractivity contribution in [2.45, 2.75) is 13.8 Å². The standard InChI is InChI=1S/C16H11NO2.5Y/c1-10-8-13-14(9-11(10)2)17(16(19)15(13)18)12-6-4-3-5-7-12;;;;;/h3-7H,1-2H3;;;;;/q-2;;;;;. The van der Waals surface area contributed by atoms with Gasteiger partial charge in [-0.1, -0.05) is 25.1 Å². The Hall–Kier alpha value is 3.10. The van der Waals surface area contributed by atoms with Gasteiger partial charge >= 0.3 is 0 Å². The molecule has 0 spiro atoms. The molecular weight excluding hydrogens is 683 g/mol. The Kier molecular flexibility index (Phi) is 18.7. The van der Waals surface area contributed by atoms with Crippen LogP contribution in [0, 0.1) is 26.0 Å². The molecule has 0 fully saturated rings. The summed E-state index contributed by atoms with van der Waals surface area (Å²) in [5.74, 6) is -1.06. The van der Waals surface area contributed by atoms with E-state index in [1.165, 1.54) is 4.90 Å². The van der Waals surface area contributed by atoms with Gasteiger partial charge in [-0.2, -0.15) is 5.56 Å². The van der Waals surface area contributed by atoms with Gasteiger partial charge in [0, 0.05) is 169 Å². The van der Waals surface area contributed by atoms with E-state index in [0.29, 0.717) is 16.9 Å². The minimum absolute atomic E-state index is 0. The fraction of sp³-hybridized carbons (Fsp3) is 0.125. The summed E-state index contributed by atoms with van der Waals surface area (Å²) >= 11 is 0. The number of Topliss-reactive ketones (excluding diaryl/α,β-unsaturated/α-hetero) is 1. The molecule has 8 heteroatoms. The van der Waals surface area contributed by atoms with E-state index in [2.05, 4.69) is 12.1 Å². The maximum Gasteiger partial charge on any atom is 0.237 e. The molecule has 0 bridgehead atoms. The molecule has 0 saturated carbocycles. The summed E-state index contributed by atoms with van der Waals surface area (Å²) in [6.07, 6.45) is 0. The van der Waals surface area contributed by atoms with Crippen LogP contribution in [0.1, 0.15) is 21.5 Å². The Labute approximate surface area is 268 Å². The number of para-hydroxylation sites is 1. The molecule has 2 aromatic carbocycles. The van der Waals surface area contributed by atoms with E-state index in [0.717, 1.165) is 11.1 Å². The molecule has 2 aromatic rings. The van der Waals surface area contributed by atoms with Crippen molar-refractivity contribution in [2.24, 2.45) is 0 Å². The molecule has 0 saturated heterocycles. The van der Waals surface area contributed by atoms with Crippen LogP contribution in [0.5, 0.6) is 0 Å². The van der Waals surface area contributed by atoms with Gasteiger partial charge in [-0.05, 0) is 12.1 Å². The van der Waals surface area contributed by atoms with Crippen LogP contribution in [-0.2, 0) is 168 Å². The van der Waals surface area contributed by atoms with Gasteiger partial charge in [0.25, 0.3) is 0 Å². The molecule has 24 heavy (non-hydrogen) atoms. The number of rotatable bonds is 1. The number of aryl methyl sites for hydroxylation is 2. The van der Waals surface area contributed by atoms with Gasteiger partial charge in [0.1, 0.15) is 5.78 Å². The fourth-order valence-corrected chi connectivity index (χ4v) is 2.14. The van der Waals surface area contributed by atoms with Crippen molar-refractivity contribution in [1.29, 1.82) is 0 Å². The van der Waals surface area contributed by atoms with Crippen LogP contribution in [0.25, 0.3) is 0 Å². The van der Waals surface area contributed by atoms with Crippen molar-refractivity contribution in [2.75, 3.05) is 4.90 Å². The molecule has 0 N–H and O–H groups in total. The van der Waals surface area contributed by atoms with E-state index in [1.54, 1.807) is 12.1 Å². The summed E-state index contributed by atoms with van der Waals surface area (Å²) in [5, 5.41) is 0. The third-order valence-corrected chi connectivity index (χ3v) is 3.28. The Balaban J connectivity index is -0.000000882. The van der Waals surface area contributed by atoms with Crippen LogP contribution in [0.15, 0.2) is 30.3 Å². The van der Waals surface area contributed by atoms with Gasteiger partial charge in [-0.15, -0.1) is 12.6 Å². The maximum absolute atomic E-state index is 12.1. The average molecular weight is 694 g/mol. The zero-order chi connectivity index (χ0) is 13.6. The summed E-state index contributed by atoms with van der Waals surface area (Å²) in [7, 11) is 0. The van der Waals surface area contributed by atoms with Gasteiger partial charge < -0.3 is 9.69 Å². The molecule has 109 valence electrons. The molecule has 0 atom stereocenters. The molecule has 0 aliphatic carbocycles. The molecule has 3 nitrogen and oxygen atoms in total. The molecular formula is C16H11NO2Y5-2. The van der Waals surface area contributed by atoms with E-state index >= 15 is 0 Å². The van der Waals surface area contributed by atoms with E-state index in [1.807, 2.05) is 32.0 Å². The monoisotopic (exact) mass is 694 g/mol. The van der Waals surface area contributed by atoms with Crippen LogP contribution in [-0.4, -0.2) is 11.7 Å². The Bertz CT molecular complexity index is 707. The van der Waals surface area contributed by atoms with Crippen LogP contribution >= 0.6 is 0 Å². The molecule has 1 heterocycles. The summed E-state index contributed by atoms with van der Waals surface area (Å²) < 4.78 is 0. The van der Waals surface area contributed by atoms with Crippen molar-refractivity contribution in [3.63, 3.8) is 0 Å². The predicted molar refractivity (Wildman–Crippen MR) is 71.5 cm³/mol. The first-order valence-electron chi connectivity index (χ1n) is 5.99. The number of carbonyl (C=O) groups is 2. The molecule has 0 unspecified atom stereocenters. The smallest absolute Gasteiger partial charge is 0.237 e. The Morgan fingerprint density at radius 2 is 1.29 bits per heavy atom. The van der Waals surface area contributed by atoms with E-state index in [4.69, 9.17) is 0 Å². The van der Waals surface area contributed by atoms with Crippen LogP contribution in [0.3, 0.4) is 0 Å². The number of hydrogen-bond acceptors (Lipinski definition) is 2. The van der Waals surface area contributed by atoms with Gasteiger partial charge in [-0.25, -0.2) is 11.1 Å². The maximum atomic E-state index is 12.1. The number of ketones is 1. The zero-order valence-electron chi connectivity index (χ0n) is 13.5. The number of anilines is 2.